The summed E-state index contributed by atoms with van der Waals surface area (Å²) in [6.07, 6.45) is 3.16. The van der Waals surface area contributed by atoms with Crippen molar-refractivity contribution in [3.8, 4) is 0 Å². The maximum Gasteiger partial charge on any atom is 0.251 e. The van der Waals surface area contributed by atoms with Crippen LogP contribution in [0.5, 0.6) is 0 Å². The highest BCUT2D eigenvalue weighted by atomic mass is 16.5. The summed E-state index contributed by atoms with van der Waals surface area (Å²) < 4.78 is 5.57. The predicted octanol–water partition coefficient (Wildman–Crippen LogP) is 3.12. The summed E-state index contributed by atoms with van der Waals surface area (Å²) in [5.74, 6) is 0.686. The number of aryl methyl sites for hydroxylation is 2. The zero-order valence-electron chi connectivity index (χ0n) is 18.8. The predicted molar refractivity (Wildman–Crippen MR) is 126 cm³/mol. The van der Waals surface area contributed by atoms with Gasteiger partial charge < -0.3 is 20.7 Å². The molecular weight excluding hydrogens is 388 g/mol. The van der Waals surface area contributed by atoms with E-state index in [0.29, 0.717) is 18.7 Å². The fourth-order valence-corrected chi connectivity index (χ4v) is 3.88. The molecule has 2 aromatic carbocycles. The van der Waals surface area contributed by atoms with Crippen molar-refractivity contribution in [2.75, 3.05) is 26.7 Å². The van der Waals surface area contributed by atoms with Gasteiger partial charge >= 0.3 is 0 Å². The first-order chi connectivity index (χ1) is 15.0. The Morgan fingerprint density at radius 2 is 1.87 bits per heavy atom. The van der Waals surface area contributed by atoms with Crippen LogP contribution in [0.25, 0.3) is 0 Å². The molecule has 1 fully saturated rings. The van der Waals surface area contributed by atoms with Crippen molar-refractivity contribution in [3.63, 3.8) is 0 Å². The molecule has 3 N–H and O–H groups in total. The molecule has 0 radical (unpaired) electrons. The molecule has 1 aliphatic heterocycles. The molecule has 6 nitrogen and oxygen atoms in total. The van der Waals surface area contributed by atoms with Gasteiger partial charge in [-0.25, -0.2) is 0 Å². The normalized spacial score (nSPS) is 16.2. The second kappa shape index (κ2) is 11.5. The Balaban J connectivity index is 1.45. The van der Waals surface area contributed by atoms with Gasteiger partial charge in [0.2, 0.25) is 0 Å². The van der Waals surface area contributed by atoms with Gasteiger partial charge in [-0.1, -0.05) is 41.5 Å². The summed E-state index contributed by atoms with van der Waals surface area (Å²) in [5.41, 5.74) is 5.59. The van der Waals surface area contributed by atoms with Gasteiger partial charge in [0.25, 0.3) is 5.91 Å². The Kier molecular flexibility index (Phi) is 8.47. The van der Waals surface area contributed by atoms with Crippen LogP contribution >= 0.6 is 0 Å². The first kappa shape index (κ1) is 22.8. The molecule has 0 saturated carbocycles. The molecule has 166 valence electrons. The Morgan fingerprint density at radius 1 is 1.06 bits per heavy atom. The summed E-state index contributed by atoms with van der Waals surface area (Å²) in [6, 6.07) is 14.3. The zero-order valence-corrected chi connectivity index (χ0v) is 18.8. The zero-order chi connectivity index (χ0) is 22.1. The second-order valence-electron chi connectivity index (χ2n) is 8.14. The Labute approximate surface area is 185 Å². The third-order valence-electron chi connectivity index (χ3n) is 5.37. The van der Waals surface area contributed by atoms with Gasteiger partial charge in [0.1, 0.15) is 0 Å². The van der Waals surface area contributed by atoms with Crippen LogP contribution in [0.2, 0.25) is 0 Å². The lowest BCUT2D eigenvalue weighted by molar-refractivity contribution is 0.0857. The van der Waals surface area contributed by atoms with E-state index in [1.165, 1.54) is 16.7 Å². The van der Waals surface area contributed by atoms with Crippen LogP contribution in [0, 0.1) is 13.8 Å². The number of benzene rings is 2. The number of guanidine groups is 1. The smallest absolute Gasteiger partial charge is 0.251 e. The van der Waals surface area contributed by atoms with E-state index in [1.54, 1.807) is 7.05 Å². The first-order valence-electron chi connectivity index (χ1n) is 11.0. The van der Waals surface area contributed by atoms with Gasteiger partial charge in [0, 0.05) is 38.9 Å². The topological polar surface area (TPSA) is 74.8 Å². The number of nitrogens with one attached hydrogen (secondary N) is 3. The van der Waals surface area contributed by atoms with Crippen molar-refractivity contribution in [2.24, 2.45) is 4.99 Å². The molecule has 1 atom stereocenters. The fourth-order valence-electron chi connectivity index (χ4n) is 3.88. The molecule has 3 rings (SSSR count). The number of aliphatic imine (C=N–C) groups is 1. The molecule has 2 aromatic rings. The quantitative estimate of drug-likeness (QED) is 0.451. The van der Waals surface area contributed by atoms with E-state index >= 15 is 0 Å². The number of hydrogen-bond donors (Lipinski definition) is 3. The second-order valence-corrected chi connectivity index (χ2v) is 8.14. The monoisotopic (exact) mass is 422 g/mol. The van der Waals surface area contributed by atoms with Crippen LogP contribution in [0.3, 0.4) is 0 Å². The molecule has 1 amide bonds. The summed E-state index contributed by atoms with van der Waals surface area (Å²) in [7, 11) is 1.76. The summed E-state index contributed by atoms with van der Waals surface area (Å²) >= 11 is 0. The minimum absolute atomic E-state index is 0.0618. The number of ether oxygens (including phenoxy) is 1. The minimum atomic E-state index is -0.0618. The fraction of sp³-hybridized carbons (Fsp3) is 0.440. The molecule has 0 aromatic heterocycles. The maximum absolute atomic E-state index is 12.4. The van der Waals surface area contributed by atoms with Crippen molar-refractivity contribution >= 4 is 11.9 Å². The average molecular weight is 423 g/mol. The largest absolute Gasteiger partial charge is 0.376 e. The highest BCUT2D eigenvalue weighted by Gasteiger charge is 2.16. The van der Waals surface area contributed by atoms with E-state index in [9.17, 15) is 4.79 Å². The van der Waals surface area contributed by atoms with Crippen LogP contribution in [0.15, 0.2) is 47.5 Å². The lowest BCUT2D eigenvalue weighted by atomic mass is 10.1. The van der Waals surface area contributed by atoms with E-state index in [1.807, 2.05) is 24.3 Å². The van der Waals surface area contributed by atoms with Gasteiger partial charge in [-0.2, -0.15) is 0 Å². The molecule has 1 aliphatic rings. The number of nitrogens with zero attached hydrogens (tertiary/aromatic N) is 1. The van der Waals surface area contributed by atoms with Gasteiger partial charge in [-0.15, -0.1) is 0 Å². The minimum Gasteiger partial charge on any atom is -0.376 e. The summed E-state index contributed by atoms with van der Waals surface area (Å²) in [6.45, 7) is 7.01. The van der Waals surface area contributed by atoms with Crippen molar-refractivity contribution in [1.82, 2.24) is 16.0 Å². The van der Waals surface area contributed by atoms with Gasteiger partial charge in [-0.3, -0.25) is 9.79 Å². The SMILES string of the molecule is CN=C(NCCc1cc(C)cc(C)c1)NCc1cccc(C(=O)NCC2CCCO2)c1. The number of carbonyl (C=O) groups is 1. The van der Waals surface area contributed by atoms with Crippen molar-refractivity contribution < 1.29 is 9.53 Å². The molecule has 1 unspecified atom stereocenters. The third-order valence-corrected chi connectivity index (χ3v) is 5.37. The highest BCUT2D eigenvalue weighted by Crippen LogP contribution is 2.12. The number of amides is 1. The third kappa shape index (κ3) is 7.40. The number of rotatable bonds is 8. The Hall–Kier alpha value is -2.86. The van der Waals surface area contributed by atoms with Crippen molar-refractivity contribution in [3.05, 3.63) is 70.3 Å². The van der Waals surface area contributed by atoms with Crippen LogP contribution in [-0.4, -0.2) is 44.7 Å². The van der Waals surface area contributed by atoms with E-state index in [4.69, 9.17) is 4.74 Å². The van der Waals surface area contributed by atoms with E-state index in [2.05, 4.69) is 53.0 Å². The number of hydrogen-bond acceptors (Lipinski definition) is 3. The van der Waals surface area contributed by atoms with E-state index in [-0.39, 0.29) is 12.0 Å². The molecule has 0 aliphatic carbocycles. The lowest BCUT2D eigenvalue weighted by Crippen LogP contribution is -2.38. The molecule has 1 heterocycles. The molecular formula is C25H34N4O2. The average Bonchev–Trinajstić information content (AvgIpc) is 3.27. The Morgan fingerprint density at radius 3 is 2.58 bits per heavy atom. The van der Waals surface area contributed by atoms with Crippen LogP contribution < -0.4 is 16.0 Å². The van der Waals surface area contributed by atoms with Crippen LogP contribution in [0.1, 0.15) is 45.5 Å². The maximum atomic E-state index is 12.4. The first-order valence-corrected chi connectivity index (χ1v) is 11.0. The molecule has 1 saturated heterocycles. The van der Waals surface area contributed by atoms with Gasteiger partial charge in [-0.05, 0) is 56.4 Å². The van der Waals surface area contributed by atoms with Crippen LogP contribution in [-0.2, 0) is 17.7 Å². The standard InChI is InChI=1S/C25H34N4O2/c1-18-12-19(2)14-20(13-18)9-10-27-25(26-3)29-16-21-6-4-7-22(15-21)24(30)28-17-23-8-5-11-31-23/h4,6-7,12-15,23H,5,8-11,16-17H2,1-3H3,(H,28,30)(H2,26,27,29). The van der Waals surface area contributed by atoms with Gasteiger partial charge in [0.15, 0.2) is 5.96 Å². The lowest BCUT2D eigenvalue weighted by Gasteiger charge is -2.14. The molecule has 0 bridgehead atoms. The van der Waals surface area contributed by atoms with Gasteiger partial charge in [0.05, 0.1) is 6.10 Å². The van der Waals surface area contributed by atoms with E-state index < -0.39 is 0 Å². The Bertz CT molecular complexity index is 884. The molecule has 0 spiro atoms. The van der Waals surface area contributed by atoms with E-state index in [0.717, 1.165) is 43.9 Å². The van der Waals surface area contributed by atoms with Crippen molar-refractivity contribution in [1.29, 1.82) is 0 Å². The molecule has 31 heavy (non-hydrogen) atoms. The summed E-state index contributed by atoms with van der Waals surface area (Å²) in [4.78, 5) is 16.8. The molecule has 6 heteroatoms. The summed E-state index contributed by atoms with van der Waals surface area (Å²) in [5, 5.41) is 9.66. The van der Waals surface area contributed by atoms with Crippen molar-refractivity contribution in [2.45, 2.75) is 45.8 Å². The highest BCUT2D eigenvalue weighted by molar-refractivity contribution is 5.94. The number of carbonyl (C=O) groups excluding carboxylic acids is 1. The van der Waals surface area contributed by atoms with Crippen LogP contribution in [0.4, 0.5) is 0 Å².